The lowest BCUT2D eigenvalue weighted by Crippen LogP contribution is -2.41. The molecule has 4 rings (SSSR count). The average Bonchev–Trinajstić information content (AvgIpc) is 2.84. The molecule has 0 radical (unpaired) electrons. The van der Waals surface area contributed by atoms with Crippen LogP contribution in [0.4, 0.5) is 5.69 Å². The van der Waals surface area contributed by atoms with Crippen LogP contribution in [0.3, 0.4) is 0 Å². The number of carbonyl (C=O) groups excluding carboxylic acids is 2. The second kappa shape index (κ2) is 7.86. The first-order valence-electron chi connectivity index (χ1n) is 9.01. The molecule has 1 aliphatic rings. The number of rotatable bonds is 4. The first kappa shape index (κ1) is 18.3. The number of anilines is 1. The van der Waals surface area contributed by atoms with Crippen molar-refractivity contribution in [3.8, 4) is 0 Å². The number of hydrogen-bond donors (Lipinski definition) is 1. The highest BCUT2D eigenvalue weighted by Crippen LogP contribution is 2.39. The number of aromatic nitrogens is 1. The van der Waals surface area contributed by atoms with Crippen LogP contribution in [-0.2, 0) is 4.79 Å². The van der Waals surface area contributed by atoms with Gasteiger partial charge in [0.05, 0.1) is 17.3 Å². The van der Waals surface area contributed by atoms with E-state index >= 15 is 0 Å². The van der Waals surface area contributed by atoms with E-state index in [-0.39, 0.29) is 24.4 Å². The molecule has 1 aliphatic heterocycles. The van der Waals surface area contributed by atoms with Crippen LogP contribution in [0.5, 0.6) is 0 Å². The largest absolute Gasteiger partial charge is 0.348 e. The third-order valence-corrected chi connectivity index (χ3v) is 5.67. The molecule has 0 aliphatic carbocycles. The molecule has 0 saturated carbocycles. The number of amides is 2. The van der Waals surface area contributed by atoms with Gasteiger partial charge in [0.15, 0.2) is 0 Å². The fourth-order valence-electron chi connectivity index (χ4n) is 3.17. The molecule has 6 heteroatoms. The maximum Gasteiger partial charge on any atom is 0.261 e. The molecule has 0 fully saturated rings. The first-order valence-corrected chi connectivity index (χ1v) is 9.83. The van der Waals surface area contributed by atoms with E-state index < -0.39 is 0 Å². The van der Waals surface area contributed by atoms with E-state index in [2.05, 4.69) is 10.3 Å². The van der Waals surface area contributed by atoms with Crippen molar-refractivity contribution in [1.29, 1.82) is 0 Å². The minimum atomic E-state index is -0.219. The molecule has 28 heavy (non-hydrogen) atoms. The van der Waals surface area contributed by atoms with E-state index in [1.807, 2.05) is 61.5 Å². The molecular weight excluding hydrogens is 370 g/mol. The fraction of sp³-hybridized carbons (Fsp3) is 0.136. The second-order valence-electron chi connectivity index (χ2n) is 6.52. The number of hydrogen-bond acceptors (Lipinski definition) is 4. The van der Waals surface area contributed by atoms with Gasteiger partial charge in [-0.1, -0.05) is 54.2 Å². The first-order chi connectivity index (χ1) is 13.6. The normalized spacial score (nSPS) is 13.9. The van der Waals surface area contributed by atoms with Crippen LogP contribution < -0.4 is 10.2 Å². The van der Waals surface area contributed by atoms with Gasteiger partial charge in [-0.25, -0.2) is 4.98 Å². The van der Waals surface area contributed by atoms with E-state index in [1.54, 1.807) is 18.3 Å². The zero-order valence-corrected chi connectivity index (χ0v) is 16.1. The molecule has 1 N–H and O–H groups in total. The number of carbonyl (C=O) groups is 2. The molecular formula is C22H19N3O2S. The lowest BCUT2D eigenvalue weighted by atomic mass is 10.1. The Kier molecular flexibility index (Phi) is 5.12. The number of nitrogens with one attached hydrogen (secondary N) is 1. The summed E-state index contributed by atoms with van der Waals surface area (Å²) in [5, 5.41) is 3.64. The van der Waals surface area contributed by atoms with Crippen LogP contribution in [-0.4, -0.2) is 23.3 Å². The van der Waals surface area contributed by atoms with Crippen molar-refractivity contribution in [2.45, 2.75) is 22.9 Å². The predicted molar refractivity (Wildman–Crippen MR) is 109 cm³/mol. The molecule has 1 unspecified atom stereocenters. The number of para-hydroxylation sites is 1. The summed E-state index contributed by atoms with van der Waals surface area (Å²) in [4.78, 5) is 32.7. The Balaban J connectivity index is 1.61. The Morgan fingerprint density at radius 3 is 2.64 bits per heavy atom. The summed E-state index contributed by atoms with van der Waals surface area (Å²) in [5.41, 5.74) is 2.24. The predicted octanol–water partition coefficient (Wildman–Crippen LogP) is 4.07. The van der Waals surface area contributed by atoms with Gasteiger partial charge in [0, 0.05) is 11.1 Å². The zero-order valence-electron chi connectivity index (χ0n) is 15.3. The molecule has 2 amide bonds. The summed E-state index contributed by atoms with van der Waals surface area (Å²) < 4.78 is 0. The maximum absolute atomic E-state index is 13.2. The molecule has 1 aromatic heterocycles. The van der Waals surface area contributed by atoms with Crippen molar-refractivity contribution < 1.29 is 9.59 Å². The van der Waals surface area contributed by atoms with Gasteiger partial charge in [-0.15, -0.1) is 0 Å². The fourth-order valence-corrected chi connectivity index (χ4v) is 4.19. The van der Waals surface area contributed by atoms with Gasteiger partial charge in [-0.3, -0.25) is 14.5 Å². The lowest BCUT2D eigenvalue weighted by Gasteiger charge is -2.23. The molecule has 0 bridgehead atoms. The molecule has 2 aromatic carbocycles. The van der Waals surface area contributed by atoms with Crippen LogP contribution in [0.1, 0.15) is 28.9 Å². The monoisotopic (exact) mass is 389 g/mol. The lowest BCUT2D eigenvalue weighted by molar-refractivity contribution is -0.120. The van der Waals surface area contributed by atoms with Gasteiger partial charge in [0.2, 0.25) is 5.91 Å². The molecule has 2 heterocycles. The zero-order chi connectivity index (χ0) is 19.5. The van der Waals surface area contributed by atoms with E-state index in [1.165, 1.54) is 16.7 Å². The van der Waals surface area contributed by atoms with Crippen molar-refractivity contribution in [1.82, 2.24) is 10.3 Å². The highest BCUT2D eigenvalue weighted by atomic mass is 32.2. The van der Waals surface area contributed by atoms with E-state index in [4.69, 9.17) is 0 Å². The van der Waals surface area contributed by atoms with E-state index in [9.17, 15) is 9.59 Å². The van der Waals surface area contributed by atoms with Crippen LogP contribution >= 0.6 is 11.8 Å². The van der Waals surface area contributed by atoms with Crippen molar-refractivity contribution in [2.75, 3.05) is 11.4 Å². The summed E-state index contributed by atoms with van der Waals surface area (Å²) in [7, 11) is 0. The highest BCUT2D eigenvalue weighted by Gasteiger charge is 2.29. The summed E-state index contributed by atoms with van der Waals surface area (Å²) in [5.74, 6) is -0.431. The maximum atomic E-state index is 13.2. The molecule has 140 valence electrons. The smallest absolute Gasteiger partial charge is 0.261 e. The number of benzene rings is 2. The van der Waals surface area contributed by atoms with Crippen molar-refractivity contribution in [3.05, 3.63) is 84.1 Å². The Labute approximate surface area is 167 Å². The Bertz CT molecular complexity index is 1020. The second-order valence-corrected chi connectivity index (χ2v) is 7.55. The van der Waals surface area contributed by atoms with Crippen molar-refractivity contribution in [3.63, 3.8) is 0 Å². The van der Waals surface area contributed by atoms with Crippen LogP contribution in [0.2, 0.25) is 0 Å². The van der Waals surface area contributed by atoms with E-state index in [0.717, 1.165) is 16.1 Å². The number of nitrogens with zero attached hydrogens (tertiary/aromatic N) is 2. The third-order valence-electron chi connectivity index (χ3n) is 4.59. The van der Waals surface area contributed by atoms with Crippen LogP contribution in [0, 0.1) is 0 Å². The summed E-state index contributed by atoms with van der Waals surface area (Å²) in [6.45, 7) is 1.88. The van der Waals surface area contributed by atoms with Crippen LogP contribution in [0.25, 0.3) is 0 Å². The Morgan fingerprint density at radius 1 is 1.07 bits per heavy atom. The molecule has 0 saturated heterocycles. The topological polar surface area (TPSA) is 62.3 Å². The summed E-state index contributed by atoms with van der Waals surface area (Å²) >= 11 is 1.44. The quantitative estimate of drug-likeness (QED) is 0.731. The Morgan fingerprint density at radius 2 is 1.82 bits per heavy atom. The number of pyridine rings is 1. The van der Waals surface area contributed by atoms with Gasteiger partial charge >= 0.3 is 0 Å². The average molecular weight is 389 g/mol. The van der Waals surface area contributed by atoms with Gasteiger partial charge in [-0.2, -0.15) is 0 Å². The van der Waals surface area contributed by atoms with Crippen molar-refractivity contribution in [2.24, 2.45) is 0 Å². The summed E-state index contributed by atoms with van der Waals surface area (Å²) in [6, 6.07) is 20.7. The molecule has 5 nitrogen and oxygen atoms in total. The number of fused-ring (bicyclic) bond motifs is 2. The minimum Gasteiger partial charge on any atom is -0.348 e. The van der Waals surface area contributed by atoms with Gasteiger partial charge in [0.1, 0.15) is 11.6 Å². The minimum absolute atomic E-state index is 0.0537. The standard InChI is InChI=1S/C22H19N3O2S/c1-15(16-8-3-2-4-9-16)24-20(26)14-25-18-11-5-6-12-19(18)28-21-17(22(25)27)10-7-13-23-21/h2-13,15H,14H2,1H3,(H,24,26). The highest BCUT2D eigenvalue weighted by molar-refractivity contribution is 7.99. The van der Waals surface area contributed by atoms with Crippen molar-refractivity contribution >= 4 is 29.3 Å². The van der Waals surface area contributed by atoms with Crippen LogP contribution in [0.15, 0.2) is 82.8 Å². The Hall–Kier alpha value is -3.12. The van der Waals surface area contributed by atoms with E-state index in [0.29, 0.717) is 10.6 Å². The van der Waals surface area contributed by atoms with Gasteiger partial charge in [0.25, 0.3) is 5.91 Å². The van der Waals surface area contributed by atoms with Gasteiger partial charge in [-0.05, 0) is 36.8 Å². The molecule has 1 atom stereocenters. The summed E-state index contributed by atoms with van der Waals surface area (Å²) in [6.07, 6.45) is 1.67. The molecule has 0 spiro atoms. The van der Waals surface area contributed by atoms with Gasteiger partial charge < -0.3 is 5.32 Å². The third kappa shape index (κ3) is 3.64. The molecule has 3 aromatic rings. The SMILES string of the molecule is CC(NC(=O)CN1C(=O)c2cccnc2Sc2ccccc21)c1ccccc1.